The molecule has 0 bridgehead atoms. The molecule has 2 aromatic rings. The van der Waals surface area contributed by atoms with E-state index in [1.165, 1.54) is 0 Å². The highest BCUT2D eigenvalue weighted by molar-refractivity contribution is 6.48. The fraction of sp³-hybridized carbons (Fsp3) is 0.143. The van der Waals surface area contributed by atoms with E-state index in [0.29, 0.717) is 20.1 Å². The zero-order chi connectivity index (χ0) is 14.6. The van der Waals surface area contributed by atoms with Gasteiger partial charge in [-0.1, -0.05) is 70.1 Å². The summed E-state index contributed by atoms with van der Waals surface area (Å²) in [6.45, 7) is 3.82. The molecule has 5 heteroatoms. The first kappa shape index (κ1) is 16.9. The van der Waals surface area contributed by atoms with Crippen LogP contribution >= 0.6 is 58.0 Å². The highest BCUT2D eigenvalue weighted by Crippen LogP contribution is 2.31. The smallest absolute Gasteiger partial charge is 0.0781 e. The van der Waals surface area contributed by atoms with Crippen LogP contribution in [0.5, 0.6) is 0 Å². The van der Waals surface area contributed by atoms with Crippen LogP contribution in [0.2, 0.25) is 25.1 Å². The van der Waals surface area contributed by atoms with Gasteiger partial charge in [0.2, 0.25) is 0 Å². The molecule has 0 aromatic heterocycles. The Kier molecular flexibility index (Phi) is 6.79. The molecule has 0 aliphatic carbocycles. The summed E-state index contributed by atoms with van der Waals surface area (Å²) in [6, 6.07) is 9.01. The first-order chi connectivity index (χ1) is 8.82. The minimum absolute atomic E-state index is 0.434. The van der Waals surface area contributed by atoms with Crippen LogP contribution in [0.15, 0.2) is 30.3 Å². The summed E-state index contributed by atoms with van der Waals surface area (Å²) in [5.41, 5.74) is 2.00. The number of hydrogen-bond donors (Lipinski definition) is 0. The fourth-order valence-electron chi connectivity index (χ4n) is 1.19. The van der Waals surface area contributed by atoms with Gasteiger partial charge in [-0.3, -0.25) is 0 Å². The third-order valence-electron chi connectivity index (χ3n) is 2.36. The van der Waals surface area contributed by atoms with E-state index in [2.05, 4.69) is 0 Å². The van der Waals surface area contributed by atoms with Gasteiger partial charge in [-0.05, 0) is 43.2 Å². The number of halogens is 5. The Bertz CT molecular complexity index is 551. The first-order valence-electron chi connectivity index (χ1n) is 5.34. The van der Waals surface area contributed by atoms with Crippen molar-refractivity contribution in [1.82, 2.24) is 0 Å². The highest BCUT2D eigenvalue weighted by atomic mass is 35.5. The van der Waals surface area contributed by atoms with Crippen LogP contribution in [-0.2, 0) is 0 Å². The summed E-state index contributed by atoms with van der Waals surface area (Å²) < 4.78 is 0. The van der Waals surface area contributed by atoms with Crippen LogP contribution in [0.3, 0.4) is 0 Å². The summed E-state index contributed by atoms with van der Waals surface area (Å²) in [5, 5.41) is 2.88. The van der Waals surface area contributed by atoms with E-state index >= 15 is 0 Å². The lowest BCUT2D eigenvalue weighted by molar-refractivity contribution is 1.47. The molecular formula is C14H11Cl5. The van der Waals surface area contributed by atoms with Gasteiger partial charge in [-0.25, -0.2) is 0 Å². The summed E-state index contributed by atoms with van der Waals surface area (Å²) in [5.74, 6) is 0. The zero-order valence-corrected chi connectivity index (χ0v) is 14.1. The average molecular weight is 357 g/mol. The molecule has 2 rings (SSSR count). The van der Waals surface area contributed by atoms with Crippen molar-refractivity contribution in [3.63, 3.8) is 0 Å². The topological polar surface area (TPSA) is 0 Å². The molecule has 0 unspecified atom stereocenters. The van der Waals surface area contributed by atoms with Crippen LogP contribution in [0.4, 0.5) is 0 Å². The van der Waals surface area contributed by atoms with Crippen molar-refractivity contribution in [3.05, 3.63) is 66.6 Å². The molecule has 102 valence electrons. The molecule has 0 aliphatic heterocycles. The minimum atomic E-state index is 0.434. The molecule has 0 radical (unpaired) electrons. The van der Waals surface area contributed by atoms with Crippen LogP contribution in [0.1, 0.15) is 11.1 Å². The van der Waals surface area contributed by atoms with E-state index in [1.54, 1.807) is 12.1 Å². The molecule has 0 nitrogen and oxygen atoms in total. The molecule has 0 fully saturated rings. The molecule has 2 aromatic carbocycles. The van der Waals surface area contributed by atoms with Gasteiger partial charge in [0.15, 0.2) is 0 Å². The summed E-state index contributed by atoms with van der Waals surface area (Å²) in [4.78, 5) is 0. The average Bonchev–Trinajstić information content (AvgIpc) is 2.37. The van der Waals surface area contributed by atoms with Gasteiger partial charge >= 0.3 is 0 Å². The summed E-state index contributed by atoms with van der Waals surface area (Å²) in [7, 11) is 0. The second kappa shape index (κ2) is 7.61. The van der Waals surface area contributed by atoms with Crippen LogP contribution < -0.4 is 0 Å². The van der Waals surface area contributed by atoms with E-state index in [-0.39, 0.29) is 0 Å². The van der Waals surface area contributed by atoms with Crippen molar-refractivity contribution in [2.24, 2.45) is 0 Å². The van der Waals surface area contributed by atoms with Crippen LogP contribution in [-0.4, -0.2) is 0 Å². The maximum Gasteiger partial charge on any atom is 0.0781 e. The molecule has 0 aliphatic rings. The molecule has 0 heterocycles. The van der Waals surface area contributed by atoms with Crippen molar-refractivity contribution in [2.75, 3.05) is 0 Å². The lowest BCUT2D eigenvalue weighted by Crippen LogP contribution is -1.76. The fourth-order valence-corrected chi connectivity index (χ4v) is 2.18. The standard InChI is InChI=1S/C7H5Cl3.C7H6Cl2/c1-4-2-3-5(8)7(10)6(4)9;1-5-2-3-6(8)4-7(5)9/h2-3H,1H3;2-4H,1H3. The SMILES string of the molecule is Cc1ccc(Cl)c(Cl)c1Cl.Cc1ccc(Cl)cc1Cl. The van der Waals surface area contributed by atoms with Gasteiger partial charge in [0.25, 0.3) is 0 Å². The molecule has 0 spiro atoms. The normalized spacial score (nSPS) is 9.84. The van der Waals surface area contributed by atoms with Gasteiger partial charge in [0.1, 0.15) is 0 Å². The zero-order valence-electron chi connectivity index (χ0n) is 10.3. The minimum Gasteiger partial charge on any atom is -0.0843 e. The summed E-state index contributed by atoms with van der Waals surface area (Å²) >= 11 is 28.5. The maximum atomic E-state index is 5.77. The highest BCUT2D eigenvalue weighted by Gasteiger charge is 2.03. The number of hydrogen-bond acceptors (Lipinski definition) is 0. The van der Waals surface area contributed by atoms with Gasteiger partial charge in [0.05, 0.1) is 15.1 Å². The van der Waals surface area contributed by atoms with Gasteiger partial charge < -0.3 is 0 Å². The second-order valence-corrected chi connectivity index (χ2v) is 5.89. The number of rotatable bonds is 0. The van der Waals surface area contributed by atoms with Crippen LogP contribution in [0.25, 0.3) is 0 Å². The van der Waals surface area contributed by atoms with E-state index in [4.69, 9.17) is 58.0 Å². The van der Waals surface area contributed by atoms with Crippen molar-refractivity contribution in [1.29, 1.82) is 0 Å². The Morgan fingerprint density at radius 3 is 1.68 bits per heavy atom. The summed E-state index contributed by atoms with van der Waals surface area (Å²) in [6.07, 6.45) is 0. The van der Waals surface area contributed by atoms with E-state index in [9.17, 15) is 0 Å². The largest absolute Gasteiger partial charge is 0.0843 e. The van der Waals surface area contributed by atoms with E-state index < -0.39 is 0 Å². The lowest BCUT2D eigenvalue weighted by Gasteiger charge is -2.00. The van der Waals surface area contributed by atoms with Gasteiger partial charge in [-0.2, -0.15) is 0 Å². The van der Waals surface area contributed by atoms with Crippen LogP contribution in [0, 0.1) is 13.8 Å². The lowest BCUT2D eigenvalue weighted by atomic mass is 10.2. The van der Waals surface area contributed by atoms with E-state index in [1.807, 2.05) is 32.0 Å². The quantitative estimate of drug-likeness (QED) is 0.436. The predicted molar refractivity (Wildman–Crippen MR) is 87.4 cm³/mol. The van der Waals surface area contributed by atoms with Crippen molar-refractivity contribution in [3.8, 4) is 0 Å². The molecule has 0 amide bonds. The number of aryl methyl sites for hydroxylation is 2. The van der Waals surface area contributed by atoms with Gasteiger partial charge in [-0.15, -0.1) is 0 Å². The Labute approximate surface area is 138 Å². The van der Waals surface area contributed by atoms with Crippen molar-refractivity contribution < 1.29 is 0 Å². The number of benzene rings is 2. The molecular weight excluding hydrogens is 345 g/mol. The Hall–Kier alpha value is -0.110. The second-order valence-electron chi connectivity index (χ2n) is 3.89. The van der Waals surface area contributed by atoms with E-state index in [0.717, 1.165) is 16.1 Å². The third kappa shape index (κ3) is 5.06. The molecule has 0 atom stereocenters. The Balaban J connectivity index is 0.000000191. The Morgan fingerprint density at radius 2 is 1.21 bits per heavy atom. The molecule has 0 saturated carbocycles. The van der Waals surface area contributed by atoms with Gasteiger partial charge in [0, 0.05) is 10.0 Å². The molecule has 19 heavy (non-hydrogen) atoms. The van der Waals surface area contributed by atoms with Crippen molar-refractivity contribution >= 4 is 58.0 Å². The van der Waals surface area contributed by atoms with Crippen molar-refractivity contribution in [2.45, 2.75) is 13.8 Å². The maximum absolute atomic E-state index is 5.77. The monoisotopic (exact) mass is 354 g/mol. The molecule has 0 N–H and O–H groups in total. The predicted octanol–water partition coefficient (Wildman–Crippen LogP) is 7.26. The molecule has 0 saturated heterocycles. The Morgan fingerprint density at radius 1 is 0.632 bits per heavy atom. The third-order valence-corrected chi connectivity index (χ3v) is 4.39. The first-order valence-corrected chi connectivity index (χ1v) is 7.23.